The van der Waals surface area contributed by atoms with Gasteiger partial charge in [0.1, 0.15) is 11.8 Å². The van der Waals surface area contributed by atoms with Crippen LogP contribution in [0.15, 0.2) is 11.1 Å². The van der Waals surface area contributed by atoms with E-state index in [2.05, 4.69) is 5.32 Å². The summed E-state index contributed by atoms with van der Waals surface area (Å²) in [4.78, 5) is 31.9. The average Bonchev–Trinajstić information content (AvgIpc) is 2.64. The Kier molecular flexibility index (Phi) is 3.53. The van der Waals surface area contributed by atoms with E-state index in [1.165, 1.54) is 0 Å². The number of hydrogen-bond acceptors (Lipinski definition) is 5. The Bertz CT molecular complexity index is 328. The smallest absolute Gasteiger partial charge is 0.339 e. The summed E-state index contributed by atoms with van der Waals surface area (Å²) in [6, 6.07) is 0. The molecule has 0 radical (unpaired) electrons. The number of carbonyl (C=O) groups is 3. The molecule has 1 atom stereocenters. The molecule has 7 nitrogen and oxygen atoms in total. The molecule has 82 valence electrons. The molecule has 0 saturated carbocycles. The van der Waals surface area contributed by atoms with Gasteiger partial charge in [-0.3, -0.25) is 10.1 Å². The van der Waals surface area contributed by atoms with Gasteiger partial charge in [0, 0.05) is 6.54 Å². The van der Waals surface area contributed by atoms with E-state index in [0.717, 1.165) is 0 Å². The first-order valence-electron chi connectivity index (χ1n) is 4.09. The molecule has 0 amide bonds. The van der Waals surface area contributed by atoms with E-state index in [4.69, 9.17) is 14.9 Å². The topological polar surface area (TPSA) is 113 Å². The largest absolute Gasteiger partial charge is 0.478 e. The molecule has 1 saturated heterocycles. The predicted molar refractivity (Wildman–Crippen MR) is 46.1 cm³/mol. The molecule has 15 heavy (non-hydrogen) atoms. The molecule has 0 bridgehead atoms. The Morgan fingerprint density at radius 3 is 2.33 bits per heavy atom. The van der Waals surface area contributed by atoms with Gasteiger partial charge in [-0.05, 0) is 0 Å². The Morgan fingerprint density at radius 1 is 1.33 bits per heavy atom. The molecule has 1 rings (SSSR count). The third kappa shape index (κ3) is 2.39. The van der Waals surface area contributed by atoms with Crippen LogP contribution in [-0.4, -0.2) is 47.8 Å². The fourth-order valence-electron chi connectivity index (χ4n) is 1.21. The van der Waals surface area contributed by atoms with Crippen LogP contribution < -0.4 is 5.32 Å². The predicted octanol–water partition coefficient (Wildman–Crippen LogP) is -1.40. The summed E-state index contributed by atoms with van der Waals surface area (Å²) in [5, 5.41) is 20.0. The highest BCUT2D eigenvalue weighted by Crippen LogP contribution is 2.13. The monoisotopic (exact) mass is 215 g/mol. The first-order valence-corrected chi connectivity index (χ1v) is 4.09. The second kappa shape index (κ2) is 4.67. The third-order valence-electron chi connectivity index (χ3n) is 1.85. The zero-order valence-corrected chi connectivity index (χ0v) is 7.60. The van der Waals surface area contributed by atoms with Gasteiger partial charge in [0.05, 0.1) is 12.2 Å². The molecule has 0 aromatic carbocycles. The van der Waals surface area contributed by atoms with Crippen LogP contribution in [0.25, 0.3) is 0 Å². The van der Waals surface area contributed by atoms with Crippen molar-refractivity contribution in [3.8, 4) is 0 Å². The van der Waals surface area contributed by atoms with E-state index >= 15 is 0 Å². The van der Waals surface area contributed by atoms with Crippen molar-refractivity contribution in [3.63, 3.8) is 0 Å². The number of ether oxygens (including phenoxy) is 1. The molecule has 1 unspecified atom stereocenters. The van der Waals surface area contributed by atoms with Crippen LogP contribution in [0.1, 0.15) is 0 Å². The summed E-state index contributed by atoms with van der Waals surface area (Å²) >= 11 is 0. The van der Waals surface area contributed by atoms with Gasteiger partial charge in [0.15, 0.2) is 6.29 Å². The van der Waals surface area contributed by atoms with E-state index in [-0.39, 0.29) is 12.9 Å². The normalized spacial score (nSPS) is 22.0. The molecule has 0 spiro atoms. The number of aldehydes is 1. The van der Waals surface area contributed by atoms with Crippen LogP contribution in [0.4, 0.5) is 0 Å². The third-order valence-corrected chi connectivity index (χ3v) is 1.85. The lowest BCUT2D eigenvalue weighted by atomic mass is 10.1. The van der Waals surface area contributed by atoms with Gasteiger partial charge in [-0.25, -0.2) is 9.59 Å². The summed E-state index contributed by atoms with van der Waals surface area (Å²) in [6.07, 6.45) is -1.05. The zero-order chi connectivity index (χ0) is 11.4. The standard InChI is InChI=1S/C8H9NO6/c10-3-4(7(11)12)5(8(13)14)6-9-1-2-15-6/h3,6,9H,1-2H2,(H,11,12)(H,13,14)/b5-4+. The molecule has 1 aliphatic heterocycles. The molecule has 3 N–H and O–H groups in total. The van der Waals surface area contributed by atoms with Gasteiger partial charge in [-0.2, -0.15) is 0 Å². The van der Waals surface area contributed by atoms with Crippen molar-refractivity contribution in [2.45, 2.75) is 6.23 Å². The maximum Gasteiger partial charge on any atom is 0.339 e. The number of hydrogen-bond donors (Lipinski definition) is 3. The number of rotatable bonds is 4. The summed E-state index contributed by atoms with van der Waals surface area (Å²) in [6.45, 7) is 0.681. The van der Waals surface area contributed by atoms with E-state index < -0.39 is 29.3 Å². The fraction of sp³-hybridized carbons (Fsp3) is 0.375. The van der Waals surface area contributed by atoms with Gasteiger partial charge in [0.2, 0.25) is 0 Å². The van der Waals surface area contributed by atoms with Crippen LogP contribution in [0.5, 0.6) is 0 Å². The number of aliphatic carboxylic acids is 2. The summed E-state index contributed by atoms with van der Waals surface area (Å²) in [7, 11) is 0. The second-order valence-corrected chi connectivity index (χ2v) is 2.76. The van der Waals surface area contributed by atoms with Gasteiger partial charge in [-0.1, -0.05) is 0 Å². The lowest BCUT2D eigenvalue weighted by Crippen LogP contribution is -2.31. The van der Waals surface area contributed by atoms with E-state index in [1.54, 1.807) is 0 Å². The maximum absolute atomic E-state index is 10.8. The molecule has 1 aliphatic rings. The molecule has 0 aromatic rings. The van der Waals surface area contributed by atoms with E-state index in [0.29, 0.717) is 6.54 Å². The quantitative estimate of drug-likeness (QED) is 0.228. The average molecular weight is 215 g/mol. The molecule has 1 heterocycles. The molecular formula is C8H9NO6. The van der Waals surface area contributed by atoms with Gasteiger partial charge in [0.25, 0.3) is 0 Å². The second-order valence-electron chi connectivity index (χ2n) is 2.76. The van der Waals surface area contributed by atoms with Crippen LogP contribution in [0, 0.1) is 0 Å². The van der Waals surface area contributed by atoms with Crippen LogP contribution >= 0.6 is 0 Å². The SMILES string of the molecule is O=C/C(C(=O)O)=C(\C(=O)O)C1NCCO1. The Labute approximate surface area is 84.3 Å². The van der Waals surface area contributed by atoms with E-state index in [1.807, 2.05) is 0 Å². The molecule has 7 heteroatoms. The first-order chi connectivity index (χ1) is 7.07. The zero-order valence-electron chi connectivity index (χ0n) is 7.60. The molecular weight excluding hydrogens is 206 g/mol. The van der Waals surface area contributed by atoms with Crippen molar-refractivity contribution in [1.82, 2.24) is 5.32 Å². The summed E-state index contributed by atoms with van der Waals surface area (Å²) < 4.78 is 4.94. The first kappa shape index (κ1) is 11.3. The van der Waals surface area contributed by atoms with Crippen molar-refractivity contribution in [3.05, 3.63) is 11.1 Å². The minimum atomic E-state index is -1.58. The molecule has 1 fully saturated rings. The highest BCUT2D eigenvalue weighted by atomic mass is 16.5. The highest BCUT2D eigenvalue weighted by Gasteiger charge is 2.30. The van der Waals surface area contributed by atoms with Gasteiger partial charge < -0.3 is 14.9 Å². The number of carboxylic acid groups (broad SMARTS) is 2. The van der Waals surface area contributed by atoms with Crippen molar-refractivity contribution in [2.75, 3.05) is 13.2 Å². The minimum Gasteiger partial charge on any atom is -0.478 e. The Hall–Kier alpha value is -1.73. The van der Waals surface area contributed by atoms with Crippen molar-refractivity contribution < 1.29 is 29.3 Å². The molecule has 0 aliphatic carbocycles. The number of carbonyl (C=O) groups excluding carboxylic acids is 1. The maximum atomic E-state index is 10.8. The van der Waals surface area contributed by atoms with Crippen molar-refractivity contribution >= 4 is 18.2 Å². The van der Waals surface area contributed by atoms with Crippen LogP contribution in [-0.2, 0) is 19.1 Å². The lowest BCUT2D eigenvalue weighted by molar-refractivity contribution is -0.137. The van der Waals surface area contributed by atoms with Crippen LogP contribution in [0.2, 0.25) is 0 Å². The molecule has 0 aromatic heterocycles. The Morgan fingerprint density at radius 2 is 2.00 bits per heavy atom. The van der Waals surface area contributed by atoms with Crippen LogP contribution in [0.3, 0.4) is 0 Å². The minimum absolute atomic E-state index is 0.00481. The highest BCUT2D eigenvalue weighted by molar-refractivity contribution is 6.13. The van der Waals surface area contributed by atoms with Gasteiger partial charge in [-0.15, -0.1) is 0 Å². The van der Waals surface area contributed by atoms with E-state index in [9.17, 15) is 14.4 Å². The summed E-state index contributed by atoms with van der Waals surface area (Å²) in [5.74, 6) is -3.07. The fourth-order valence-corrected chi connectivity index (χ4v) is 1.21. The number of nitrogens with one attached hydrogen (secondary N) is 1. The number of carboxylic acids is 2. The summed E-state index contributed by atoms with van der Waals surface area (Å²) in [5.41, 5.74) is -1.38. The van der Waals surface area contributed by atoms with Crippen molar-refractivity contribution in [2.24, 2.45) is 0 Å². The van der Waals surface area contributed by atoms with Crippen molar-refractivity contribution in [1.29, 1.82) is 0 Å². The lowest BCUT2D eigenvalue weighted by Gasteiger charge is -2.11. The Balaban J connectivity index is 3.13. The van der Waals surface area contributed by atoms with Gasteiger partial charge >= 0.3 is 11.9 Å².